The standard InChI is InChI=1S/C11H18O4/c1-7-3-4-8-9(10(7)15-6-12)5-14-11(8)13-2/h6-11H,3-5H2,1-2H3. The molecule has 1 heterocycles. The van der Waals surface area contributed by atoms with Crippen molar-refractivity contribution in [3.8, 4) is 0 Å². The number of fused-ring (bicyclic) bond motifs is 1. The molecule has 0 amide bonds. The van der Waals surface area contributed by atoms with Crippen LogP contribution in [0.4, 0.5) is 0 Å². The summed E-state index contributed by atoms with van der Waals surface area (Å²) in [4.78, 5) is 10.5. The summed E-state index contributed by atoms with van der Waals surface area (Å²) in [6.07, 6.45) is 2.06. The summed E-state index contributed by atoms with van der Waals surface area (Å²) < 4.78 is 16.0. The lowest BCUT2D eigenvalue weighted by Gasteiger charge is -2.36. The molecule has 0 radical (unpaired) electrons. The fourth-order valence-electron chi connectivity index (χ4n) is 2.93. The molecule has 0 aromatic heterocycles. The van der Waals surface area contributed by atoms with Gasteiger partial charge in [-0.15, -0.1) is 0 Å². The average molecular weight is 214 g/mol. The third-order valence-corrected chi connectivity index (χ3v) is 3.74. The molecule has 15 heavy (non-hydrogen) atoms. The van der Waals surface area contributed by atoms with Crippen molar-refractivity contribution >= 4 is 6.47 Å². The minimum absolute atomic E-state index is 0.00130. The second kappa shape index (κ2) is 4.49. The highest BCUT2D eigenvalue weighted by atomic mass is 16.7. The number of hydrogen-bond acceptors (Lipinski definition) is 4. The Hall–Kier alpha value is -0.610. The summed E-state index contributed by atoms with van der Waals surface area (Å²) in [6, 6.07) is 0. The van der Waals surface area contributed by atoms with Crippen molar-refractivity contribution < 1.29 is 19.0 Å². The molecule has 0 aromatic rings. The van der Waals surface area contributed by atoms with E-state index in [0.717, 1.165) is 12.8 Å². The highest BCUT2D eigenvalue weighted by Gasteiger charge is 2.47. The van der Waals surface area contributed by atoms with Crippen LogP contribution in [0.3, 0.4) is 0 Å². The van der Waals surface area contributed by atoms with Gasteiger partial charge >= 0.3 is 0 Å². The van der Waals surface area contributed by atoms with Crippen LogP contribution in [0.15, 0.2) is 0 Å². The summed E-state index contributed by atoms with van der Waals surface area (Å²) in [5.74, 6) is 1.12. The quantitative estimate of drug-likeness (QED) is 0.662. The van der Waals surface area contributed by atoms with Crippen molar-refractivity contribution in [2.75, 3.05) is 13.7 Å². The van der Waals surface area contributed by atoms with Crippen LogP contribution in [-0.4, -0.2) is 32.6 Å². The van der Waals surface area contributed by atoms with E-state index < -0.39 is 0 Å². The number of hydrogen-bond donors (Lipinski definition) is 0. The van der Waals surface area contributed by atoms with Crippen LogP contribution in [0, 0.1) is 17.8 Å². The lowest BCUT2D eigenvalue weighted by atomic mass is 9.73. The van der Waals surface area contributed by atoms with Gasteiger partial charge in [0.15, 0.2) is 6.29 Å². The third kappa shape index (κ3) is 1.88. The molecule has 5 unspecified atom stereocenters. The lowest BCUT2D eigenvalue weighted by molar-refractivity contribution is -0.144. The van der Waals surface area contributed by atoms with Gasteiger partial charge in [0.1, 0.15) is 6.10 Å². The zero-order chi connectivity index (χ0) is 10.8. The van der Waals surface area contributed by atoms with E-state index >= 15 is 0 Å². The molecule has 0 spiro atoms. The first kappa shape index (κ1) is 10.9. The molecular formula is C11H18O4. The highest BCUT2D eigenvalue weighted by Crippen LogP contribution is 2.42. The van der Waals surface area contributed by atoms with Crippen LogP contribution in [0.25, 0.3) is 0 Å². The number of rotatable bonds is 3. The summed E-state index contributed by atoms with van der Waals surface area (Å²) >= 11 is 0. The minimum Gasteiger partial charge on any atom is -0.464 e. The van der Waals surface area contributed by atoms with Gasteiger partial charge in [0, 0.05) is 18.9 Å². The van der Waals surface area contributed by atoms with Gasteiger partial charge in [-0.1, -0.05) is 6.92 Å². The first-order valence-corrected chi connectivity index (χ1v) is 5.51. The van der Waals surface area contributed by atoms with Gasteiger partial charge < -0.3 is 14.2 Å². The van der Waals surface area contributed by atoms with Crippen molar-refractivity contribution in [3.05, 3.63) is 0 Å². The highest BCUT2D eigenvalue weighted by molar-refractivity contribution is 5.37. The lowest BCUT2D eigenvalue weighted by Crippen LogP contribution is -2.40. The molecule has 2 rings (SSSR count). The average Bonchev–Trinajstić information content (AvgIpc) is 2.65. The van der Waals surface area contributed by atoms with Crippen LogP contribution < -0.4 is 0 Å². The van der Waals surface area contributed by atoms with Crippen LogP contribution in [-0.2, 0) is 19.0 Å². The molecule has 0 bridgehead atoms. The van der Waals surface area contributed by atoms with E-state index in [1.54, 1.807) is 7.11 Å². The van der Waals surface area contributed by atoms with Crippen LogP contribution in [0.1, 0.15) is 19.8 Å². The van der Waals surface area contributed by atoms with E-state index in [4.69, 9.17) is 14.2 Å². The van der Waals surface area contributed by atoms with Crippen molar-refractivity contribution in [3.63, 3.8) is 0 Å². The van der Waals surface area contributed by atoms with E-state index in [2.05, 4.69) is 6.92 Å². The number of carbonyl (C=O) groups excluding carboxylic acids is 1. The van der Waals surface area contributed by atoms with Crippen molar-refractivity contribution in [1.82, 2.24) is 0 Å². The van der Waals surface area contributed by atoms with E-state index in [1.165, 1.54) is 0 Å². The Morgan fingerprint density at radius 2 is 2.13 bits per heavy atom. The fourth-order valence-corrected chi connectivity index (χ4v) is 2.93. The van der Waals surface area contributed by atoms with E-state index in [1.807, 2.05) is 0 Å². The largest absolute Gasteiger partial charge is 0.464 e. The summed E-state index contributed by atoms with van der Waals surface area (Å²) in [5, 5.41) is 0. The molecule has 1 aliphatic heterocycles. The molecule has 86 valence electrons. The molecule has 1 saturated carbocycles. The first-order valence-electron chi connectivity index (χ1n) is 5.51. The van der Waals surface area contributed by atoms with Gasteiger partial charge in [-0.3, -0.25) is 4.79 Å². The molecule has 0 N–H and O–H groups in total. The molecule has 1 saturated heterocycles. The SMILES string of the molecule is COC1OCC2C1CCC(C)C2OC=O. The Bertz CT molecular complexity index is 231. The fraction of sp³-hybridized carbons (Fsp3) is 0.909. The smallest absolute Gasteiger partial charge is 0.293 e. The molecule has 4 heteroatoms. The van der Waals surface area contributed by atoms with Crippen molar-refractivity contribution in [2.45, 2.75) is 32.2 Å². The Labute approximate surface area is 89.9 Å². The third-order valence-electron chi connectivity index (χ3n) is 3.74. The normalized spacial score (nSPS) is 44.8. The molecular weight excluding hydrogens is 196 g/mol. The predicted molar refractivity (Wildman–Crippen MR) is 53.1 cm³/mol. The first-order chi connectivity index (χ1) is 7.27. The Balaban J connectivity index is 2.07. The Kier molecular flexibility index (Phi) is 3.26. The monoisotopic (exact) mass is 214 g/mol. The zero-order valence-electron chi connectivity index (χ0n) is 9.22. The minimum atomic E-state index is -0.111. The summed E-state index contributed by atoms with van der Waals surface area (Å²) in [6.45, 7) is 3.33. The van der Waals surface area contributed by atoms with Gasteiger partial charge in [-0.25, -0.2) is 0 Å². The maximum Gasteiger partial charge on any atom is 0.293 e. The van der Waals surface area contributed by atoms with E-state index in [9.17, 15) is 4.79 Å². The van der Waals surface area contributed by atoms with Crippen molar-refractivity contribution in [2.24, 2.45) is 17.8 Å². The Morgan fingerprint density at radius 1 is 1.33 bits per heavy atom. The van der Waals surface area contributed by atoms with E-state index in [0.29, 0.717) is 30.8 Å². The van der Waals surface area contributed by atoms with Crippen LogP contribution in [0.2, 0.25) is 0 Å². The van der Waals surface area contributed by atoms with Crippen molar-refractivity contribution in [1.29, 1.82) is 0 Å². The molecule has 5 atom stereocenters. The Morgan fingerprint density at radius 3 is 2.80 bits per heavy atom. The zero-order valence-corrected chi connectivity index (χ0v) is 9.22. The maximum absolute atomic E-state index is 10.5. The number of carbonyl (C=O) groups is 1. The van der Waals surface area contributed by atoms with Gasteiger partial charge in [0.05, 0.1) is 6.61 Å². The molecule has 1 aliphatic carbocycles. The van der Waals surface area contributed by atoms with Gasteiger partial charge in [0.2, 0.25) is 0 Å². The van der Waals surface area contributed by atoms with Gasteiger partial charge in [-0.05, 0) is 18.8 Å². The number of ether oxygens (including phenoxy) is 3. The van der Waals surface area contributed by atoms with E-state index in [-0.39, 0.29) is 12.4 Å². The molecule has 4 nitrogen and oxygen atoms in total. The number of methoxy groups -OCH3 is 1. The maximum atomic E-state index is 10.5. The second-order valence-corrected chi connectivity index (χ2v) is 4.52. The molecule has 2 aliphatic rings. The predicted octanol–water partition coefficient (Wildman–Crippen LogP) is 1.19. The summed E-state index contributed by atoms with van der Waals surface area (Å²) in [7, 11) is 1.67. The van der Waals surface area contributed by atoms with Crippen LogP contribution >= 0.6 is 0 Å². The molecule has 2 fully saturated rings. The molecule has 0 aromatic carbocycles. The second-order valence-electron chi connectivity index (χ2n) is 4.52. The van der Waals surface area contributed by atoms with Gasteiger partial charge in [-0.2, -0.15) is 0 Å². The van der Waals surface area contributed by atoms with Gasteiger partial charge in [0.25, 0.3) is 6.47 Å². The van der Waals surface area contributed by atoms with Crippen LogP contribution in [0.5, 0.6) is 0 Å². The topological polar surface area (TPSA) is 44.8 Å². The summed E-state index contributed by atoms with van der Waals surface area (Å²) in [5.41, 5.74) is 0.